The van der Waals surface area contributed by atoms with Crippen LogP contribution >= 0.6 is 11.6 Å². The average molecular weight is 464 g/mol. The molecule has 30 heavy (non-hydrogen) atoms. The molecule has 0 aromatic heterocycles. The standard InChI is InChI=1S/C20H18ClF4NO3S/c21-17-9-4-12(10-18(17)22)19(27)26-14-5-7-15(8-6-14)30(28,29)16-3-1-2-13(11-16)20(23,24)25/h1-4,9-11,14-15H,5-8H2,(H,26,27)/t14-,15+. The molecule has 0 saturated heterocycles. The predicted molar refractivity (Wildman–Crippen MR) is 104 cm³/mol. The van der Waals surface area contributed by atoms with Gasteiger partial charge in [-0.25, -0.2) is 12.8 Å². The summed E-state index contributed by atoms with van der Waals surface area (Å²) in [6, 6.07) is 7.06. The van der Waals surface area contributed by atoms with Crippen LogP contribution in [0.2, 0.25) is 5.02 Å². The molecule has 1 aliphatic rings. The average Bonchev–Trinajstić information content (AvgIpc) is 2.70. The first kappa shape index (κ1) is 22.6. The van der Waals surface area contributed by atoms with Crippen LogP contribution in [-0.4, -0.2) is 25.6 Å². The molecule has 0 heterocycles. The van der Waals surface area contributed by atoms with Gasteiger partial charge in [-0.1, -0.05) is 17.7 Å². The van der Waals surface area contributed by atoms with Crippen molar-refractivity contribution in [2.45, 2.75) is 48.0 Å². The molecule has 1 N–H and O–H groups in total. The van der Waals surface area contributed by atoms with Crippen LogP contribution in [0, 0.1) is 5.82 Å². The van der Waals surface area contributed by atoms with E-state index in [0.717, 1.165) is 24.3 Å². The molecule has 1 amide bonds. The number of alkyl halides is 3. The fourth-order valence-electron chi connectivity index (χ4n) is 3.47. The molecular formula is C20H18ClF4NO3S. The molecule has 0 atom stereocenters. The Balaban J connectivity index is 1.65. The van der Waals surface area contributed by atoms with Gasteiger partial charge in [-0.2, -0.15) is 13.2 Å². The van der Waals surface area contributed by atoms with Gasteiger partial charge in [0, 0.05) is 11.6 Å². The monoisotopic (exact) mass is 463 g/mol. The van der Waals surface area contributed by atoms with Gasteiger partial charge in [-0.15, -0.1) is 0 Å². The second-order valence-corrected chi connectivity index (χ2v) is 9.78. The van der Waals surface area contributed by atoms with Gasteiger partial charge in [-0.05, 0) is 62.1 Å². The Bertz CT molecular complexity index is 1050. The van der Waals surface area contributed by atoms with Crippen molar-refractivity contribution in [1.82, 2.24) is 5.32 Å². The number of amides is 1. The highest BCUT2D eigenvalue weighted by Gasteiger charge is 2.35. The van der Waals surface area contributed by atoms with E-state index in [4.69, 9.17) is 11.6 Å². The summed E-state index contributed by atoms with van der Waals surface area (Å²) in [6.07, 6.45) is -3.57. The second-order valence-electron chi connectivity index (χ2n) is 7.15. The molecule has 10 heteroatoms. The molecule has 0 unspecified atom stereocenters. The van der Waals surface area contributed by atoms with Crippen LogP contribution in [0.1, 0.15) is 41.6 Å². The van der Waals surface area contributed by atoms with Crippen molar-refractivity contribution in [1.29, 1.82) is 0 Å². The first-order valence-corrected chi connectivity index (χ1v) is 11.1. The topological polar surface area (TPSA) is 63.2 Å². The van der Waals surface area contributed by atoms with E-state index in [-0.39, 0.29) is 34.4 Å². The molecule has 2 aromatic carbocycles. The summed E-state index contributed by atoms with van der Waals surface area (Å²) in [6.45, 7) is 0. The van der Waals surface area contributed by atoms with Crippen molar-refractivity contribution >= 4 is 27.3 Å². The van der Waals surface area contributed by atoms with Crippen molar-refractivity contribution in [3.8, 4) is 0 Å². The number of benzene rings is 2. The van der Waals surface area contributed by atoms with Gasteiger partial charge in [0.2, 0.25) is 0 Å². The molecule has 0 bridgehead atoms. The van der Waals surface area contributed by atoms with Crippen LogP contribution in [0.3, 0.4) is 0 Å². The summed E-state index contributed by atoms with van der Waals surface area (Å²) < 4.78 is 77.7. The van der Waals surface area contributed by atoms with Gasteiger partial charge >= 0.3 is 6.18 Å². The number of carbonyl (C=O) groups is 1. The molecule has 0 aliphatic heterocycles. The highest BCUT2D eigenvalue weighted by molar-refractivity contribution is 7.92. The molecule has 1 saturated carbocycles. The summed E-state index contributed by atoms with van der Waals surface area (Å²) in [4.78, 5) is 11.9. The Hall–Kier alpha value is -2.13. The van der Waals surface area contributed by atoms with Crippen molar-refractivity contribution in [3.05, 3.63) is 64.4 Å². The van der Waals surface area contributed by atoms with Gasteiger partial charge in [0.1, 0.15) is 5.82 Å². The number of hydrogen-bond acceptors (Lipinski definition) is 3. The normalized spacial score (nSPS) is 20.0. The lowest BCUT2D eigenvalue weighted by Gasteiger charge is -2.29. The van der Waals surface area contributed by atoms with Crippen LogP contribution in [0.25, 0.3) is 0 Å². The predicted octanol–water partition coefficient (Wildman–Crippen LogP) is 5.01. The van der Waals surface area contributed by atoms with E-state index in [1.807, 2.05) is 0 Å². The van der Waals surface area contributed by atoms with Gasteiger partial charge in [0.25, 0.3) is 5.91 Å². The first-order chi connectivity index (χ1) is 14.0. The number of rotatable bonds is 4. The third kappa shape index (κ3) is 4.95. The largest absolute Gasteiger partial charge is 0.416 e. The van der Waals surface area contributed by atoms with Crippen LogP contribution < -0.4 is 5.32 Å². The minimum absolute atomic E-state index is 0.0932. The molecule has 3 rings (SSSR count). The van der Waals surface area contributed by atoms with E-state index in [9.17, 15) is 30.8 Å². The number of halogens is 5. The van der Waals surface area contributed by atoms with Crippen LogP contribution in [0.5, 0.6) is 0 Å². The van der Waals surface area contributed by atoms with Crippen molar-refractivity contribution in [2.75, 3.05) is 0 Å². The van der Waals surface area contributed by atoms with Crippen LogP contribution in [0.15, 0.2) is 47.4 Å². The van der Waals surface area contributed by atoms with Gasteiger partial charge in [0.15, 0.2) is 9.84 Å². The molecule has 1 fully saturated rings. The van der Waals surface area contributed by atoms with E-state index in [2.05, 4.69) is 5.32 Å². The number of hydrogen-bond donors (Lipinski definition) is 1. The molecule has 2 aromatic rings. The smallest absolute Gasteiger partial charge is 0.349 e. The van der Waals surface area contributed by atoms with Gasteiger partial charge in [0.05, 0.1) is 20.7 Å². The SMILES string of the molecule is O=C(N[C@H]1CC[C@@H](S(=O)(=O)c2cccc(C(F)(F)F)c2)CC1)c1ccc(Cl)c(F)c1. The Morgan fingerprint density at radius 1 is 1.03 bits per heavy atom. The van der Waals surface area contributed by atoms with Crippen molar-refractivity contribution < 1.29 is 30.8 Å². The fourth-order valence-corrected chi connectivity index (χ4v) is 5.42. The maximum absolute atomic E-state index is 13.5. The van der Waals surface area contributed by atoms with Gasteiger partial charge in [-0.3, -0.25) is 4.79 Å². The zero-order valence-corrected chi connectivity index (χ0v) is 17.1. The molecule has 1 aliphatic carbocycles. The van der Waals surface area contributed by atoms with Crippen molar-refractivity contribution in [3.63, 3.8) is 0 Å². The molecule has 162 valence electrons. The maximum atomic E-state index is 13.5. The quantitative estimate of drug-likeness (QED) is 0.648. The Morgan fingerprint density at radius 2 is 1.70 bits per heavy atom. The summed E-state index contributed by atoms with van der Waals surface area (Å²) in [5.74, 6) is -1.23. The lowest BCUT2D eigenvalue weighted by molar-refractivity contribution is -0.137. The molecule has 0 radical (unpaired) electrons. The van der Waals surface area contributed by atoms with Crippen LogP contribution in [0.4, 0.5) is 17.6 Å². The third-order valence-corrected chi connectivity index (χ3v) is 7.69. The van der Waals surface area contributed by atoms with Gasteiger partial charge < -0.3 is 5.32 Å². The summed E-state index contributed by atoms with van der Waals surface area (Å²) >= 11 is 5.60. The number of nitrogens with one attached hydrogen (secondary N) is 1. The van der Waals surface area contributed by atoms with E-state index in [0.29, 0.717) is 18.9 Å². The third-order valence-electron chi connectivity index (χ3n) is 5.12. The van der Waals surface area contributed by atoms with E-state index < -0.39 is 38.6 Å². The van der Waals surface area contributed by atoms with E-state index in [1.54, 1.807) is 0 Å². The summed E-state index contributed by atoms with van der Waals surface area (Å²) in [5.41, 5.74) is -0.921. The van der Waals surface area contributed by atoms with E-state index >= 15 is 0 Å². The Morgan fingerprint density at radius 3 is 2.30 bits per heavy atom. The highest BCUT2D eigenvalue weighted by Crippen LogP contribution is 2.33. The molecular weight excluding hydrogens is 446 g/mol. The van der Waals surface area contributed by atoms with Crippen molar-refractivity contribution in [2.24, 2.45) is 0 Å². The highest BCUT2D eigenvalue weighted by atomic mass is 35.5. The second kappa shape index (κ2) is 8.55. The minimum atomic E-state index is -4.63. The Kier molecular flexibility index (Phi) is 6.43. The zero-order valence-electron chi connectivity index (χ0n) is 15.5. The summed E-state index contributed by atoms with van der Waals surface area (Å²) in [5, 5.41) is 1.79. The lowest BCUT2D eigenvalue weighted by atomic mass is 9.94. The minimum Gasteiger partial charge on any atom is -0.349 e. The maximum Gasteiger partial charge on any atom is 0.416 e. The summed E-state index contributed by atoms with van der Waals surface area (Å²) in [7, 11) is -3.94. The zero-order chi connectivity index (χ0) is 22.1. The number of carbonyl (C=O) groups excluding carboxylic acids is 1. The first-order valence-electron chi connectivity index (χ1n) is 9.15. The Labute approximate surface area is 176 Å². The van der Waals surface area contributed by atoms with Crippen LogP contribution in [-0.2, 0) is 16.0 Å². The number of sulfone groups is 1. The molecule has 0 spiro atoms. The lowest BCUT2D eigenvalue weighted by Crippen LogP contribution is -2.40. The fraction of sp³-hybridized carbons (Fsp3) is 0.350. The van der Waals surface area contributed by atoms with E-state index in [1.165, 1.54) is 12.1 Å². The molecule has 4 nitrogen and oxygen atoms in total.